The van der Waals surface area contributed by atoms with Gasteiger partial charge in [0, 0.05) is 18.3 Å². The number of carbonyl (C=O) groups is 1. The van der Waals surface area contributed by atoms with Gasteiger partial charge in [-0.15, -0.1) is 0 Å². The molecule has 3 nitrogen and oxygen atoms in total. The van der Waals surface area contributed by atoms with Gasteiger partial charge in [-0.25, -0.2) is 0 Å². The van der Waals surface area contributed by atoms with Crippen molar-refractivity contribution >= 4 is 11.6 Å². The Hall–Kier alpha value is -1.35. The number of hydrogen-bond donors (Lipinski definition) is 1. The summed E-state index contributed by atoms with van der Waals surface area (Å²) < 4.78 is 0. The largest absolute Gasteiger partial charge is 0.388 e. The summed E-state index contributed by atoms with van der Waals surface area (Å²) >= 11 is 0. The first-order chi connectivity index (χ1) is 6.20. The Kier molecular flexibility index (Phi) is 1.81. The quantitative estimate of drug-likeness (QED) is 0.644. The van der Waals surface area contributed by atoms with E-state index in [2.05, 4.69) is 0 Å². The molecule has 1 atom stereocenters. The number of fused-ring (bicyclic) bond motifs is 1. The summed E-state index contributed by atoms with van der Waals surface area (Å²) in [4.78, 5) is 12.9. The molecular weight excluding hydrogens is 166 g/mol. The molecule has 0 fully saturated rings. The van der Waals surface area contributed by atoms with Crippen LogP contribution in [0.3, 0.4) is 0 Å². The van der Waals surface area contributed by atoms with E-state index in [1.165, 1.54) is 0 Å². The van der Waals surface area contributed by atoms with E-state index in [0.717, 1.165) is 11.3 Å². The van der Waals surface area contributed by atoms with Gasteiger partial charge in [0.1, 0.15) is 0 Å². The van der Waals surface area contributed by atoms with Crippen molar-refractivity contribution in [2.75, 3.05) is 11.9 Å². The minimum atomic E-state index is -0.639. The van der Waals surface area contributed by atoms with Gasteiger partial charge in [-0.2, -0.15) is 0 Å². The lowest BCUT2D eigenvalue weighted by molar-refractivity contribution is -0.120. The van der Waals surface area contributed by atoms with E-state index < -0.39 is 6.10 Å². The molecular formula is C10H11NO2. The van der Waals surface area contributed by atoms with Crippen molar-refractivity contribution in [3.05, 3.63) is 29.8 Å². The summed E-state index contributed by atoms with van der Waals surface area (Å²) in [6.45, 7) is 0. The Morgan fingerprint density at radius 1 is 1.46 bits per heavy atom. The SMILES string of the molecule is CN1C(=O)CC(O)c2ccccc21. The highest BCUT2D eigenvalue weighted by Crippen LogP contribution is 2.32. The van der Waals surface area contributed by atoms with Gasteiger partial charge in [-0.1, -0.05) is 18.2 Å². The predicted octanol–water partition coefficient (Wildman–Crippen LogP) is 1.09. The first kappa shape index (κ1) is 8.26. The van der Waals surface area contributed by atoms with Crippen LogP contribution in [0.25, 0.3) is 0 Å². The zero-order valence-corrected chi connectivity index (χ0v) is 7.40. The highest BCUT2D eigenvalue weighted by atomic mass is 16.3. The Labute approximate surface area is 76.6 Å². The van der Waals surface area contributed by atoms with Crippen molar-refractivity contribution in [3.8, 4) is 0 Å². The van der Waals surface area contributed by atoms with Gasteiger partial charge in [-0.3, -0.25) is 4.79 Å². The van der Waals surface area contributed by atoms with Crippen LogP contribution in [-0.4, -0.2) is 18.1 Å². The first-order valence-electron chi connectivity index (χ1n) is 4.23. The van der Waals surface area contributed by atoms with Crippen molar-refractivity contribution in [2.24, 2.45) is 0 Å². The molecule has 1 heterocycles. The number of aliphatic hydroxyl groups excluding tert-OH is 1. The number of carbonyl (C=O) groups excluding carboxylic acids is 1. The van der Waals surface area contributed by atoms with Crippen molar-refractivity contribution in [1.82, 2.24) is 0 Å². The van der Waals surface area contributed by atoms with Crippen LogP contribution in [0.5, 0.6) is 0 Å². The molecule has 0 aromatic heterocycles. The maximum Gasteiger partial charge on any atom is 0.229 e. The van der Waals surface area contributed by atoms with Crippen LogP contribution in [-0.2, 0) is 4.79 Å². The minimum absolute atomic E-state index is 0.0359. The van der Waals surface area contributed by atoms with Crippen molar-refractivity contribution < 1.29 is 9.90 Å². The maximum absolute atomic E-state index is 11.3. The molecule has 1 N–H and O–H groups in total. The summed E-state index contributed by atoms with van der Waals surface area (Å²) in [5.41, 5.74) is 1.65. The zero-order valence-electron chi connectivity index (χ0n) is 7.40. The van der Waals surface area contributed by atoms with E-state index in [0.29, 0.717) is 0 Å². The topological polar surface area (TPSA) is 40.5 Å². The number of amides is 1. The van der Waals surface area contributed by atoms with Crippen LogP contribution >= 0.6 is 0 Å². The van der Waals surface area contributed by atoms with E-state index >= 15 is 0 Å². The van der Waals surface area contributed by atoms with E-state index in [4.69, 9.17) is 0 Å². The molecule has 1 aromatic carbocycles. The average molecular weight is 177 g/mol. The van der Waals surface area contributed by atoms with E-state index in [1.807, 2.05) is 24.3 Å². The van der Waals surface area contributed by atoms with Gasteiger partial charge in [0.25, 0.3) is 0 Å². The number of nitrogens with zero attached hydrogens (tertiary/aromatic N) is 1. The molecule has 0 spiro atoms. The molecule has 0 saturated carbocycles. The molecule has 1 aromatic rings. The molecule has 1 aliphatic rings. The minimum Gasteiger partial charge on any atom is -0.388 e. The fourth-order valence-electron chi connectivity index (χ4n) is 1.62. The smallest absolute Gasteiger partial charge is 0.229 e. The second kappa shape index (κ2) is 2.85. The van der Waals surface area contributed by atoms with E-state index in [1.54, 1.807) is 11.9 Å². The molecule has 2 rings (SSSR count). The number of rotatable bonds is 0. The van der Waals surface area contributed by atoms with E-state index in [9.17, 15) is 9.90 Å². The third-order valence-corrected chi connectivity index (χ3v) is 2.40. The van der Waals surface area contributed by atoms with Crippen LogP contribution in [0.1, 0.15) is 18.1 Å². The molecule has 0 bridgehead atoms. The molecule has 3 heteroatoms. The van der Waals surface area contributed by atoms with Gasteiger partial charge >= 0.3 is 0 Å². The maximum atomic E-state index is 11.3. The Morgan fingerprint density at radius 2 is 2.15 bits per heavy atom. The third kappa shape index (κ3) is 1.21. The molecule has 1 unspecified atom stereocenters. The first-order valence-corrected chi connectivity index (χ1v) is 4.23. The molecule has 1 aliphatic heterocycles. The number of aliphatic hydroxyl groups is 1. The van der Waals surface area contributed by atoms with Crippen LogP contribution in [0.4, 0.5) is 5.69 Å². The van der Waals surface area contributed by atoms with Gasteiger partial charge in [0.2, 0.25) is 5.91 Å². The monoisotopic (exact) mass is 177 g/mol. The molecule has 1 amide bonds. The van der Waals surface area contributed by atoms with Gasteiger partial charge < -0.3 is 10.0 Å². The number of para-hydroxylation sites is 1. The Bertz CT molecular complexity index is 349. The normalized spacial score (nSPS) is 21.5. The second-order valence-corrected chi connectivity index (χ2v) is 3.23. The summed E-state index contributed by atoms with van der Waals surface area (Å²) in [5.74, 6) is -0.0359. The van der Waals surface area contributed by atoms with Gasteiger partial charge in [0.05, 0.1) is 12.5 Å². The third-order valence-electron chi connectivity index (χ3n) is 2.40. The van der Waals surface area contributed by atoms with Crippen LogP contribution in [0.2, 0.25) is 0 Å². The second-order valence-electron chi connectivity index (χ2n) is 3.23. The lowest BCUT2D eigenvalue weighted by atomic mass is 9.99. The number of hydrogen-bond acceptors (Lipinski definition) is 2. The molecule has 0 saturated heterocycles. The summed E-state index contributed by atoms with van der Waals surface area (Å²) in [6.07, 6.45) is -0.451. The van der Waals surface area contributed by atoms with E-state index in [-0.39, 0.29) is 12.3 Å². The molecule has 0 aliphatic carbocycles. The highest BCUT2D eigenvalue weighted by molar-refractivity contribution is 5.96. The van der Waals surface area contributed by atoms with Gasteiger partial charge in [-0.05, 0) is 6.07 Å². The van der Waals surface area contributed by atoms with Crippen molar-refractivity contribution in [2.45, 2.75) is 12.5 Å². The standard InChI is InChI=1S/C10H11NO2/c1-11-8-5-3-2-4-7(8)9(12)6-10(11)13/h2-5,9,12H,6H2,1H3. The fourth-order valence-corrected chi connectivity index (χ4v) is 1.62. The van der Waals surface area contributed by atoms with Crippen LogP contribution in [0, 0.1) is 0 Å². The number of anilines is 1. The number of benzene rings is 1. The summed E-state index contributed by atoms with van der Waals surface area (Å²) in [5, 5.41) is 9.60. The highest BCUT2D eigenvalue weighted by Gasteiger charge is 2.26. The van der Waals surface area contributed by atoms with Crippen LogP contribution < -0.4 is 4.90 Å². The van der Waals surface area contributed by atoms with Crippen molar-refractivity contribution in [1.29, 1.82) is 0 Å². The fraction of sp³-hybridized carbons (Fsp3) is 0.300. The summed E-state index contributed by atoms with van der Waals surface area (Å²) in [6, 6.07) is 7.42. The van der Waals surface area contributed by atoms with Crippen molar-refractivity contribution in [3.63, 3.8) is 0 Å². The van der Waals surface area contributed by atoms with Gasteiger partial charge in [0.15, 0.2) is 0 Å². The Balaban J connectivity index is 2.53. The summed E-state index contributed by atoms with van der Waals surface area (Å²) in [7, 11) is 1.73. The predicted molar refractivity (Wildman–Crippen MR) is 49.4 cm³/mol. The Morgan fingerprint density at radius 3 is 2.92 bits per heavy atom. The molecule has 0 radical (unpaired) electrons. The molecule has 13 heavy (non-hydrogen) atoms. The zero-order chi connectivity index (χ0) is 9.42. The average Bonchev–Trinajstić information content (AvgIpc) is 2.15. The lowest BCUT2D eigenvalue weighted by Gasteiger charge is -2.28. The molecule has 68 valence electrons. The van der Waals surface area contributed by atoms with Crippen LogP contribution in [0.15, 0.2) is 24.3 Å². The lowest BCUT2D eigenvalue weighted by Crippen LogP contribution is -2.32.